The Bertz CT molecular complexity index is 892. The first-order chi connectivity index (χ1) is 13.1. The minimum absolute atomic E-state index is 0.0712. The molecule has 0 aromatic carbocycles. The van der Waals surface area contributed by atoms with Crippen LogP contribution in [0.3, 0.4) is 0 Å². The molecule has 0 fully saturated rings. The van der Waals surface area contributed by atoms with Gasteiger partial charge in [0.1, 0.15) is 11.6 Å². The zero-order chi connectivity index (χ0) is 20.5. The Morgan fingerprint density at radius 2 is 2.11 bits per heavy atom. The summed E-state index contributed by atoms with van der Waals surface area (Å²) >= 11 is 5.97. The van der Waals surface area contributed by atoms with Crippen molar-refractivity contribution in [3.63, 3.8) is 0 Å². The summed E-state index contributed by atoms with van der Waals surface area (Å²) in [5.41, 5.74) is -1.02. The number of alkyl halides is 3. The lowest BCUT2D eigenvalue weighted by Gasteiger charge is -2.18. The van der Waals surface area contributed by atoms with Gasteiger partial charge in [-0.05, 0) is 33.0 Å². The quantitative estimate of drug-likeness (QED) is 0.808. The van der Waals surface area contributed by atoms with Gasteiger partial charge in [0.05, 0.1) is 17.1 Å². The number of fused-ring (bicyclic) bond motifs is 1. The van der Waals surface area contributed by atoms with Crippen molar-refractivity contribution in [1.82, 2.24) is 24.2 Å². The molecular weight excluding hydrogens is 397 g/mol. The van der Waals surface area contributed by atoms with E-state index in [-0.39, 0.29) is 22.6 Å². The summed E-state index contributed by atoms with van der Waals surface area (Å²) in [7, 11) is 3.87. The van der Waals surface area contributed by atoms with Crippen molar-refractivity contribution in [2.75, 3.05) is 26.0 Å². The highest BCUT2D eigenvalue weighted by Gasteiger charge is 2.32. The van der Waals surface area contributed by atoms with Crippen LogP contribution in [-0.4, -0.2) is 50.9 Å². The number of pyridine rings is 1. The first kappa shape index (κ1) is 20.7. The molecular formula is C17H22ClF3N6O. The van der Waals surface area contributed by atoms with Crippen LogP contribution in [0, 0.1) is 0 Å². The van der Waals surface area contributed by atoms with E-state index in [1.54, 1.807) is 4.57 Å². The number of anilines is 1. The van der Waals surface area contributed by atoms with Gasteiger partial charge in [0.25, 0.3) is 0 Å². The van der Waals surface area contributed by atoms with E-state index in [2.05, 4.69) is 15.4 Å². The molecule has 7 nitrogen and oxygen atoms in total. The summed E-state index contributed by atoms with van der Waals surface area (Å²) in [6, 6.07) is 0.792. The highest BCUT2D eigenvalue weighted by atomic mass is 35.5. The van der Waals surface area contributed by atoms with Crippen LogP contribution in [0.4, 0.5) is 19.0 Å². The van der Waals surface area contributed by atoms with E-state index in [0.29, 0.717) is 32.4 Å². The van der Waals surface area contributed by atoms with Crippen molar-refractivity contribution < 1.29 is 13.2 Å². The number of halogens is 4. The molecule has 2 aromatic heterocycles. The summed E-state index contributed by atoms with van der Waals surface area (Å²) in [5, 5.41) is 7.44. The molecule has 1 atom stereocenters. The molecule has 1 aliphatic heterocycles. The minimum atomic E-state index is -4.49. The number of nitrogens with zero attached hydrogens (tertiary/aromatic N) is 5. The molecule has 1 N–H and O–H groups in total. The van der Waals surface area contributed by atoms with Crippen LogP contribution >= 0.6 is 11.6 Å². The predicted octanol–water partition coefficient (Wildman–Crippen LogP) is 2.49. The van der Waals surface area contributed by atoms with Gasteiger partial charge < -0.3 is 10.2 Å². The smallest absolute Gasteiger partial charge is 0.366 e. The van der Waals surface area contributed by atoms with Crippen LogP contribution in [0.5, 0.6) is 0 Å². The maximum atomic E-state index is 12.7. The van der Waals surface area contributed by atoms with Gasteiger partial charge in [-0.3, -0.25) is 4.57 Å². The van der Waals surface area contributed by atoms with Crippen molar-refractivity contribution in [1.29, 1.82) is 0 Å². The number of rotatable bonds is 5. The molecule has 3 heterocycles. The van der Waals surface area contributed by atoms with Crippen molar-refractivity contribution >= 4 is 17.4 Å². The molecule has 0 radical (unpaired) electrons. The summed E-state index contributed by atoms with van der Waals surface area (Å²) in [4.78, 5) is 18.3. The van der Waals surface area contributed by atoms with Gasteiger partial charge in [0, 0.05) is 31.7 Å². The Hall–Kier alpha value is -2.07. The molecule has 0 bridgehead atoms. The summed E-state index contributed by atoms with van der Waals surface area (Å²) in [6.07, 6.45) is -1.85. The van der Waals surface area contributed by atoms with Gasteiger partial charge in [-0.2, -0.15) is 18.3 Å². The molecule has 3 rings (SSSR count). The Morgan fingerprint density at radius 3 is 2.75 bits per heavy atom. The predicted molar refractivity (Wildman–Crippen MR) is 99.6 cm³/mol. The molecule has 1 unspecified atom stereocenters. The third kappa shape index (κ3) is 4.67. The minimum Gasteiger partial charge on any atom is -0.366 e. The van der Waals surface area contributed by atoms with Crippen LogP contribution in [0.1, 0.15) is 24.2 Å². The van der Waals surface area contributed by atoms with E-state index in [4.69, 9.17) is 11.6 Å². The SMILES string of the molecule is CN(C)CCn1nc2n(c1=O)CCC(Nc1ncc(C(F)(F)F)cc1Cl)CC2. The standard InChI is InChI=1S/C17H22ClF3N6O/c1-25(2)7-8-27-16(28)26-6-5-12(3-4-14(26)24-27)23-15-13(18)9-11(10-22-15)17(19,20)21/h9-10,12H,3-8H2,1-2H3,(H,22,23). The maximum absolute atomic E-state index is 12.7. The lowest BCUT2D eigenvalue weighted by atomic mass is 10.1. The zero-order valence-electron chi connectivity index (χ0n) is 15.6. The van der Waals surface area contributed by atoms with E-state index in [9.17, 15) is 18.0 Å². The van der Waals surface area contributed by atoms with Crippen LogP contribution in [0.15, 0.2) is 17.1 Å². The zero-order valence-corrected chi connectivity index (χ0v) is 16.4. The van der Waals surface area contributed by atoms with Crippen LogP contribution in [0.2, 0.25) is 5.02 Å². The topological polar surface area (TPSA) is 68.0 Å². The lowest BCUT2D eigenvalue weighted by Crippen LogP contribution is -2.30. The highest BCUT2D eigenvalue weighted by Crippen LogP contribution is 2.32. The molecule has 0 saturated heterocycles. The van der Waals surface area contributed by atoms with Gasteiger partial charge in [-0.15, -0.1) is 0 Å². The van der Waals surface area contributed by atoms with Crippen LogP contribution in [0.25, 0.3) is 0 Å². The van der Waals surface area contributed by atoms with Crippen molar-refractivity contribution in [2.45, 2.75) is 44.6 Å². The summed E-state index contributed by atoms with van der Waals surface area (Å²) in [5.74, 6) is 0.933. The van der Waals surface area contributed by atoms with Gasteiger partial charge >= 0.3 is 11.9 Å². The van der Waals surface area contributed by atoms with Gasteiger partial charge in [-0.25, -0.2) is 14.5 Å². The number of nitrogens with one attached hydrogen (secondary N) is 1. The lowest BCUT2D eigenvalue weighted by molar-refractivity contribution is -0.137. The van der Waals surface area contributed by atoms with Crippen molar-refractivity contribution in [3.8, 4) is 0 Å². The van der Waals surface area contributed by atoms with E-state index < -0.39 is 11.7 Å². The van der Waals surface area contributed by atoms with Gasteiger partial charge in [-0.1, -0.05) is 11.6 Å². The first-order valence-corrected chi connectivity index (χ1v) is 9.33. The second-order valence-electron chi connectivity index (χ2n) is 7.10. The molecule has 0 saturated carbocycles. The fraction of sp³-hybridized carbons (Fsp3) is 0.588. The van der Waals surface area contributed by atoms with Gasteiger partial charge in [0.2, 0.25) is 0 Å². The van der Waals surface area contributed by atoms with Crippen LogP contribution < -0.4 is 11.0 Å². The fourth-order valence-electron chi connectivity index (χ4n) is 3.11. The fourth-order valence-corrected chi connectivity index (χ4v) is 3.33. The molecule has 11 heteroatoms. The van der Waals surface area contributed by atoms with E-state index >= 15 is 0 Å². The number of aryl methyl sites for hydroxylation is 1. The normalized spacial score (nSPS) is 17.5. The third-order valence-electron chi connectivity index (χ3n) is 4.69. The molecule has 0 amide bonds. The number of aromatic nitrogens is 4. The average Bonchev–Trinajstić information content (AvgIpc) is 2.77. The van der Waals surface area contributed by atoms with Crippen molar-refractivity contribution in [2.24, 2.45) is 0 Å². The Balaban J connectivity index is 1.67. The molecule has 1 aliphatic rings. The average molecular weight is 419 g/mol. The van der Waals surface area contributed by atoms with Crippen molar-refractivity contribution in [3.05, 3.63) is 39.2 Å². The van der Waals surface area contributed by atoms with E-state index in [1.165, 1.54) is 4.68 Å². The maximum Gasteiger partial charge on any atom is 0.417 e. The summed E-state index contributed by atoms with van der Waals surface area (Å²) < 4.78 is 41.4. The summed E-state index contributed by atoms with van der Waals surface area (Å²) in [6.45, 7) is 1.73. The number of hydrogen-bond donors (Lipinski definition) is 1. The number of likely N-dealkylation sites (N-methyl/N-ethyl adjacent to an activating group) is 1. The third-order valence-corrected chi connectivity index (χ3v) is 4.97. The van der Waals surface area contributed by atoms with Crippen LogP contribution in [-0.2, 0) is 25.7 Å². The molecule has 0 spiro atoms. The monoisotopic (exact) mass is 418 g/mol. The van der Waals surface area contributed by atoms with E-state index in [0.717, 1.165) is 24.6 Å². The molecule has 154 valence electrons. The first-order valence-electron chi connectivity index (χ1n) is 8.95. The second kappa shape index (κ2) is 8.12. The molecule has 28 heavy (non-hydrogen) atoms. The van der Waals surface area contributed by atoms with Gasteiger partial charge in [0.15, 0.2) is 0 Å². The number of hydrogen-bond acceptors (Lipinski definition) is 5. The Morgan fingerprint density at radius 1 is 1.36 bits per heavy atom. The van der Waals surface area contributed by atoms with E-state index in [1.807, 2.05) is 19.0 Å². The Labute approximate surface area is 165 Å². The highest BCUT2D eigenvalue weighted by molar-refractivity contribution is 6.33. The molecule has 2 aromatic rings. The Kier molecular flexibility index (Phi) is 5.99. The largest absolute Gasteiger partial charge is 0.417 e. The molecule has 0 aliphatic carbocycles. The second-order valence-corrected chi connectivity index (χ2v) is 7.50.